The SMILES string of the molecule is COc1nnc(-c2ccc(F)nc2)cc1B1OC(C)(C)C(C)(C)O1. The van der Waals surface area contributed by atoms with E-state index in [4.69, 9.17) is 14.0 Å². The molecule has 1 aliphatic rings. The second kappa shape index (κ2) is 5.79. The van der Waals surface area contributed by atoms with E-state index in [0.29, 0.717) is 22.6 Å². The van der Waals surface area contributed by atoms with Crippen molar-refractivity contribution in [3.63, 3.8) is 0 Å². The number of hydrogen-bond donors (Lipinski definition) is 0. The molecule has 2 aromatic rings. The molecule has 0 amide bonds. The fourth-order valence-electron chi connectivity index (χ4n) is 2.36. The molecule has 2 aromatic heterocycles. The monoisotopic (exact) mass is 331 g/mol. The fourth-order valence-corrected chi connectivity index (χ4v) is 2.36. The zero-order chi connectivity index (χ0) is 17.5. The predicted molar refractivity (Wildman–Crippen MR) is 87.5 cm³/mol. The van der Waals surface area contributed by atoms with E-state index in [1.807, 2.05) is 27.7 Å². The molecule has 1 fully saturated rings. The van der Waals surface area contributed by atoms with Crippen molar-refractivity contribution in [3.8, 4) is 17.1 Å². The highest BCUT2D eigenvalue weighted by Gasteiger charge is 2.52. The molecular weight excluding hydrogens is 312 g/mol. The van der Waals surface area contributed by atoms with Crippen LogP contribution in [0.15, 0.2) is 24.4 Å². The summed E-state index contributed by atoms with van der Waals surface area (Å²) in [7, 11) is 0.880. The molecule has 8 heteroatoms. The van der Waals surface area contributed by atoms with Gasteiger partial charge in [-0.25, -0.2) is 4.98 Å². The summed E-state index contributed by atoms with van der Waals surface area (Å²) >= 11 is 0. The van der Waals surface area contributed by atoms with Crippen molar-refractivity contribution in [1.82, 2.24) is 15.2 Å². The van der Waals surface area contributed by atoms with Crippen LogP contribution >= 0.6 is 0 Å². The predicted octanol–water partition coefficient (Wildman–Crippen LogP) is 1.99. The standard InChI is InChI=1S/C16H19BFN3O3/c1-15(2)16(3,4)24-17(23-15)11-8-12(20-21-14(11)22-5)10-6-7-13(18)19-9-10/h6-9H,1-5H3. The van der Waals surface area contributed by atoms with Gasteiger partial charge >= 0.3 is 7.12 Å². The molecule has 6 nitrogen and oxygen atoms in total. The van der Waals surface area contributed by atoms with Crippen molar-refractivity contribution in [3.05, 3.63) is 30.3 Å². The summed E-state index contributed by atoms with van der Waals surface area (Å²) < 4.78 is 30.4. The minimum Gasteiger partial charge on any atom is -0.480 e. The molecule has 1 saturated heterocycles. The van der Waals surface area contributed by atoms with Crippen LogP contribution in [0.2, 0.25) is 0 Å². The first-order valence-corrected chi connectivity index (χ1v) is 7.63. The Morgan fingerprint density at radius 1 is 1.08 bits per heavy atom. The minimum atomic E-state index is -0.632. The second-order valence-electron chi connectivity index (χ2n) is 6.65. The van der Waals surface area contributed by atoms with Crippen LogP contribution in [0.1, 0.15) is 27.7 Å². The Hall–Kier alpha value is -2.06. The summed E-state index contributed by atoms with van der Waals surface area (Å²) in [6.45, 7) is 7.88. The van der Waals surface area contributed by atoms with Crippen molar-refractivity contribution < 1.29 is 18.4 Å². The minimum absolute atomic E-state index is 0.326. The third-order valence-electron chi connectivity index (χ3n) is 4.51. The summed E-state index contributed by atoms with van der Waals surface area (Å²) in [6.07, 6.45) is 1.40. The van der Waals surface area contributed by atoms with Gasteiger partial charge in [0.05, 0.1) is 24.0 Å². The van der Waals surface area contributed by atoms with Gasteiger partial charge in [0.2, 0.25) is 11.8 Å². The fraction of sp³-hybridized carbons (Fsp3) is 0.438. The van der Waals surface area contributed by atoms with Crippen molar-refractivity contribution in [1.29, 1.82) is 0 Å². The zero-order valence-corrected chi connectivity index (χ0v) is 14.3. The maximum atomic E-state index is 13.0. The first kappa shape index (κ1) is 16.8. The van der Waals surface area contributed by atoms with Crippen LogP contribution in [0.4, 0.5) is 4.39 Å². The van der Waals surface area contributed by atoms with E-state index in [-0.39, 0.29) is 0 Å². The molecule has 1 aliphatic heterocycles. The highest BCUT2D eigenvalue weighted by Crippen LogP contribution is 2.37. The average molecular weight is 331 g/mol. The lowest BCUT2D eigenvalue weighted by atomic mass is 9.79. The summed E-state index contributed by atoms with van der Waals surface area (Å²) in [5.41, 5.74) is 0.843. The maximum absolute atomic E-state index is 13.0. The van der Waals surface area contributed by atoms with Gasteiger partial charge in [-0.05, 0) is 45.9 Å². The largest absolute Gasteiger partial charge is 0.500 e. The molecule has 24 heavy (non-hydrogen) atoms. The van der Waals surface area contributed by atoms with Crippen molar-refractivity contribution in [2.24, 2.45) is 0 Å². The first-order valence-electron chi connectivity index (χ1n) is 7.63. The molecule has 3 rings (SSSR count). The van der Waals surface area contributed by atoms with Gasteiger partial charge in [-0.3, -0.25) is 0 Å². The van der Waals surface area contributed by atoms with Gasteiger partial charge in [-0.15, -0.1) is 10.2 Å². The van der Waals surface area contributed by atoms with Crippen molar-refractivity contribution in [2.45, 2.75) is 38.9 Å². The van der Waals surface area contributed by atoms with E-state index in [1.165, 1.54) is 19.4 Å². The van der Waals surface area contributed by atoms with Crippen LogP contribution in [0.3, 0.4) is 0 Å². The molecule has 3 heterocycles. The molecular formula is C16H19BFN3O3. The van der Waals surface area contributed by atoms with Crippen LogP contribution in [-0.4, -0.2) is 40.6 Å². The number of aromatic nitrogens is 3. The summed E-state index contributed by atoms with van der Waals surface area (Å²) in [4.78, 5) is 3.64. The van der Waals surface area contributed by atoms with E-state index in [2.05, 4.69) is 15.2 Å². The van der Waals surface area contributed by atoms with E-state index >= 15 is 0 Å². The Kier molecular flexibility index (Phi) is 4.05. The van der Waals surface area contributed by atoms with Gasteiger partial charge in [0, 0.05) is 17.2 Å². The molecule has 0 aliphatic carbocycles. The van der Waals surface area contributed by atoms with Crippen LogP contribution in [0.25, 0.3) is 11.3 Å². The molecule has 0 saturated carbocycles. The average Bonchev–Trinajstić information content (AvgIpc) is 2.75. The zero-order valence-electron chi connectivity index (χ0n) is 14.3. The van der Waals surface area contributed by atoms with E-state index in [1.54, 1.807) is 12.1 Å². The Morgan fingerprint density at radius 3 is 2.29 bits per heavy atom. The van der Waals surface area contributed by atoms with Gasteiger partial charge in [0.15, 0.2) is 0 Å². The van der Waals surface area contributed by atoms with Crippen molar-refractivity contribution in [2.75, 3.05) is 7.11 Å². The lowest BCUT2D eigenvalue weighted by Crippen LogP contribution is -2.41. The molecule has 0 unspecified atom stereocenters. The first-order chi connectivity index (χ1) is 11.2. The van der Waals surface area contributed by atoms with Gasteiger partial charge in [-0.2, -0.15) is 4.39 Å². The summed E-state index contributed by atoms with van der Waals surface area (Å²) in [5.74, 6) is -0.223. The van der Waals surface area contributed by atoms with Crippen LogP contribution in [0, 0.1) is 5.95 Å². The lowest BCUT2D eigenvalue weighted by Gasteiger charge is -2.32. The topological polar surface area (TPSA) is 66.4 Å². The molecule has 0 aromatic carbocycles. The third-order valence-corrected chi connectivity index (χ3v) is 4.51. The highest BCUT2D eigenvalue weighted by molar-refractivity contribution is 6.63. The quantitative estimate of drug-likeness (QED) is 0.633. The summed E-state index contributed by atoms with van der Waals surface area (Å²) in [5, 5.41) is 8.19. The number of halogens is 1. The Labute approximate surface area is 140 Å². The second-order valence-corrected chi connectivity index (χ2v) is 6.65. The maximum Gasteiger partial charge on any atom is 0.500 e. The molecule has 126 valence electrons. The molecule has 0 N–H and O–H groups in total. The normalized spacial score (nSPS) is 18.7. The number of nitrogens with zero attached hydrogens (tertiary/aromatic N) is 3. The van der Waals surface area contributed by atoms with Gasteiger partial charge in [0.25, 0.3) is 0 Å². The Morgan fingerprint density at radius 2 is 1.75 bits per heavy atom. The highest BCUT2D eigenvalue weighted by atomic mass is 19.1. The van der Waals surface area contributed by atoms with Crippen LogP contribution in [0.5, 0.6) is 5.88 Å². The number of rotatable bonds is 3. The third kappa shape index (κ3) is 2.87. The Bertz CT molecular complexity index is 737. The van der Waals surface area contributed by atoms with Crippen molar-refractivity contribution >= 4 is 12.6 Å². The lowest BCUT2D eigenvalue weighted by molar-refractivity contribution is 0.00578. The number of hydrogen-bond acceptors (Lipinski definition) is 6. The van der Waals surface area contributed by atoms with Gasteiger partial charge < -0.3 is 14.0 Å². The smallest absolute Gasteiger partial charge is 0.480 e. The number of ether oxygens (including phenoxy) is 1. The van der Waals surface area contributed by atoms with Crippen LogP contribution < -0.4 is 10.2 Å². The number of pyridine rings is 1. The van der Waals surface area contributed by atoms with E-state index < -0.39 is 24.3 Å². The molecule has 0 spiro atoms. The van der Waals surface area contributed by atoms with E-state index in [0.717, 1.165) is 0 Å². The molecule has 0 atom stereocenters. The molecule has 0 bridgehead atoms. The van der Waals surface area contributed by atoms with Crippen LogP contribution in [-0.2, 0) is 9.31 Å². The molecule has 0 radical (unpaired) electrons. The Balaban J connectivity index is 2.01. The van der Waals surface area contributed by atoms with Gasteiger partial charge in [0.1, 0.15) is 0 Å². The number of methoxy groups -OCH3 is 1. The van der Waals surface area contributed by atoms with E-state index in [9.17, 15) is 4.39 Å². The van der Waals surface area contributed by atoms with Gasteiger partial charge in [-0.1, -0.05) is 0 Å². The summed E-state index contributed by atoms with van der Waals surface area (Å²) in [6, 6.07) is 4.63.